The largest absolute Gasteiger partial charge is 0.383 e. The molecule has 0 unspecified atom stereocenters. The van der Waals surface area contributed by atoms with Gasteiger partial charge in [-0.25, -0.2) is 4.79 Å². The number of aromatic nitrogens is 5. The van der Waals surface area contributed by atoms with Crippen molar-refractivity contribution in [2.75, 3.05) is 19.0 Å². The molecule has 0 spiro atoms. The van der Waals surface area contributed by atoms with Gasteiger partial charge >= 0.3 is 5.69 Å². The van der Waals surface area contributed by atoms with Crippen LogP contribution in [0.5, 0.6) is 0 Å². The fraction of sp³-hybridized carbons (Fsp3) is 0.267. The lowest BCUT2D eigenvalue weighted by Crippen LogP contribution is -2.25. The second kappa shape index (κ2) is 7.09. The van der Waals surface area contributed by atoms with Gasteiger partial charge < -0.3 is 14.6 Å². The quantitative estimate of drug-likeness (QED) is 0.696. The Hall–Kier alpha value is -3.27. The number of benzene rings is 1. The van der Waals surface area contributed by atoms with Crippen molar-refractivity contribution in [3.8, 4) is 5.69 Å². The first-order chi connectivity index (χ1) is 12.1. The van der Waals surface area contributed by atoms with E-state index in [9.17, 15) is 9.59 Å². The first-order valence-electron chi connectivity index (χ1n) is 7.45. The van der Waals surface area contributed by atoms with E-state index in [-0.39, 0.29) is 17.3 Å². The highest BCUT2D eigenvalue weighted by molar-refractivity contribution is 6.02. The molecule has 1 amide bonds. The number of carbonyl (C=O) groups is 1. The van der Waals surface area contributed by atoms with Gasteiger partial charge in [0.2, 0.25) is 0 Å². The van der Waals surface area contributed by atoms with Crippen molar-refractivity contribution in [1.82, 2.24) is 24.9 Å². The number of carbonyl (C=O) groups excluding carboxylic acids is 1. The van der Waals surface area contributed by atoms with Gasteiger partial charge in [-0.2, -0.15) is 9.36 Å². The molecular formula is C15H16N6O4. The van der Waals surface area contributed by atoms with Crippen molar-refractivity contribution in [3.63, 3.8) is 0 Å². The minimum absolute atomic E-state index is 0.193. The zero-order valence-electron chi connectivity index (χ0n) is 13.7. The van der Waals surface area contributed by atoms with Gasteiger partial charge in [0.15, 0.2) is 5.69 Å². The molecular weight excluding hydrogens is 328 g/mol. The summed E-state index contributed by atoms with van der Waals surface area (Å²) in [5, 5.41) is 14.0. The van der Waals surface area contributed by atoms with Gasteiger partial charge in [0.25, 0.3) is 5.91 Å². The Bertz CT molecular complexity index is 924. The third-order valence-corrected chi connectivity index (χ3v) is 3.38. The molecule has 0 atom stereocenters. The topological polar surface area (TPSA) is 117 Å². The molecule has 2 heterocycles. The van der Waals surface area contributed by atoms with Gasteiger partial charge in [-0.15, -0.1) is 0 Å². The smallest absolute Gasteiger partial charge is 0.368 e. The van der Waals surface area contributed by atoms with E-state index < -0.39 is 0 Å². The Kier molecular flexibility index (Phi) is 4.70. The number of ether oxygens (including phenoxy) is 1. The minimum atomic E-state index is -0.382. The number of hydrogen-bond donors (Lipinski definition) is 1. The van der Waals surface area contributed by atoms with Gasteiger partial charge in [-0.05, 0) is 41.6 Å². The van der Waals surface area contributed by atoms with Crippen LogP contribution in [0.25, 0.3) is 5.69 Å². The summed E-state index contributed by atoms with van der Waals surface area (Å²) in [5.41, 5.74) is 0.906. The minimum Gasteiger partial charge on any atom is -0.383 e. The Morgan fingerprint density at radius 3 is 2.68 bits per heavy atom. The maximum absolute atomic E-state index is 12.2. The second-order valence-corrected chi connectivity index (χ2v) is 5.21. The van der Waals surface area contributed by atoms with Crippen molar-refractivity contribution in [1.29, 1.82) is 0 Å². The number of nitrogens with zero attached hydrogens (tertiary/aromatic N) is 5. The molecule has 0 saturated carbocycles. The average molecular weight is 344 g/mol. The lowest BCUT2D eigenvalue weighted by atomic mass is 10.2. The van der Waals surface area contributed by atoms with Crippen LogP contribution in [0.1, 0.15) is 16.2 Å². The number of methoxy groups -OCH3 is 1. The predicted octanol–water partition coefficient (Wildman–Crippen LogP) is 0.624. The summed E-state index contributed by atoms with van der Waals surface area (Å²) >= 11 is 0. The number of amides is 1. The summed E-state index contributed by atoms with van der Waals surface area (Å²) in [5.74, 6) is 0.170. The van der Waals surface area contributed by atoms with Crippen molar-refractivity contribution in [2.24, 2.45) is 0 Å². The van der Waals surface area contributed by atoms with E-state index in [1.807, 2.05) is 0 Å². The van der Waals surface area contributed by atoms with Crippen LogP contribution in [0, 0.1) is 6.92 Å². The van der Waals surface area contributed by atoms with Crippen molar-refractivity contribution < 1.29 is 14.1 Å². The maximum atomic E-state index is 12.2. The van der Waals surface area contributed by atoms with Crippen LogP contribution in [-0.2, 0) is 11.3 Å². The molecule has 10 nitrogen and oxygen atoms in total. The van der Waals surface area contributed by atoms with Gasteiger partial charge in [0.05, 0.1) is 18.8 Å². The van der Waals surface area contributed by atoms with Crippen molar-refractivity contribution in [2.45, 2.75) is 13.5 Å². The molecule has 10 heteroatoms. The Labute approximate surface area is 142 Å². The van der Waals surface area contributed by atoms with Crippen LogP contribution in [0.3, 0.4) is 0 Å². The van der Waals surface area contributed by atoms with Gasteiger partial charge in [0, 0.05) is 18.9 Å². The summed E-state index contributed by atoms with van der Waals surface area (Å²) in [6, 6.07) is 8.16. The standard InChI is InChI=1S/C15H16N6O4/c1-10-9-13(17-25-10)14(22)16-11-3-5-12(6-4-11)21-15(23)20(18-19-21)7-8-24-2/h3-6,9H,7-8H2,1-2H3,(H,16,22). The van der Waals surface area contributed by atoms with Crippen LogP contribution in [0.15, 0.2) is 39.6 Å². The molecule has 0 aliphatic heterocycles. The first kappa shape index (κ1) is 16.6. The monoisotopic (exact) mass is 344 g/mol. The fourth-order valence-electron chi connectivity index (χ4n) is 2.11. The number of aryl methyl sites for hydroxylation is 1. The molecule has 1 N–H and O–H groups in total. The average Bonchev–Trinajstić information content (AvgIpc) is 3.20. The lowest BCUT2D eigenvalue weighted by molar-refractivity contribution is 0.101. The summed E-state index contributed by atoms with van der Waals surface area (Å²) in [6.45, 7) is 2.39. The number of anilines is 1. The maximum Gasteiger partial charge on any atom is 0.368 e. The summed E-state index contributed by atoms with van der Waals surface area (Å²) in [7, 11) is 1.54. The summed E-state index contributed by atoms with van der Waals surface area (Å²) in [4.78, 5) is 24.2. The fourth-order valence-corrected chi connectivity index (χ4v) is 2.11. The Balaban J connectivity index is 1.73. The summed E-state index contributed by atoms with van der Waals surface area (Å²) < 4.78 is 12.2. The molecule has 0 fully saturated rings. The zero-order valence-corrected chi connectivity index (χ0v) is 13.7. The molecule has 0 aliphatic carbocycles. The molecule has 0 bridgehead atoms. The highest BCUT2D eigenvalue weighted by Crippen LogP contribution is 2.13. The molecule has 130 valence electrons. The van der Waals surface area contributed by atoms with Crippen molar-refractivity contribution >= 4 is 11.6 Å². The highest BCUT2D eigenvalue weighted by Gasteiger charge is 2.12. The third kappa shape index (κ3) is 3.63. The molecule has 25 heavy (non-hydrogen) atoms. The third-order valence-electron chi connectivity index (χ3n) is 3.38. The number of hydrogen-bond acceptors (Lipinski definition) is 7. The Morgan fingerprint density at radius 2 is 2.04 bits per heavy atom. The van der Waals surface area contributed by atoms with Crippen LogP contribution in [-0.4, -0.2) is 44.6 Å². The van der Waals surface area contributed by atoms with Crippen molar-refractivity contribution in [3.05, 3.63) is 52.3 Å². The Morgan fingerprint density at radius 1 is 1.28 bits per heavy atom. The molecule has 2 aromatic heterocycles. The van der Waals surface area contributed by atoms with E-state index in [0.717, 1.165) is 0 Å². The lowest BCUT2D eigenvalue weighted by Gasteiger charge is -2.04. The van der Waals surface area contributed by atoms with Crippen LogP contribution in [0.2, 0.25) is 0 Å². The highest BCUT2D eigenvalue weighted by atomic mass is 16.5. The normalized spacial score (nSPS) is 10.8. The molecule has 3 aromatic rings. The zero-order chi connectivity index (χ0) is 17.8. The van der Waals surface area contributed by atoms with Crippen LogP contribution < -0.4 is 11.0 Å². The number of rotatable bonds is 6. The molecule has 3 rings (SSSR count). The van der Waals surface area contributed by atoms with Crippen LogP contribution in [0.4, 0.5) is 5.69 Å². The van der Waals surface area contributed by atoms with Gasteiger partial charge in [0.1, 0.15) is 5.76 Å². The predicted molar refractivity (Wildman–Crippen MR) is 86.7 cm³/mol. The molecule has 1 aromatic carbocycles. The molecule has 0 aliphatic rings. The van der Waals surface area contributed by atoms with Gasteiger partial charge in [-0.3, -0.25) is 4.79 Å². The van der Waals surface area contributed by atoms with E-state index in [0.29, 0.717) is 30.3 Å². The second-order valence-electron chi connectivity index (χ2n) is 5.21. The van der Waals surface area contributed by atoms with E-state index in [2.05, 4.69) is 20.9 Å². The SMILES string of the molecule is COCCn1nnn(-c2ccc(NC(=O)c3cc(C)on3)cc2)c1=O. The molecule has 0 saturated heterocycles. The summed E-state index contributed by atoms with van der Waals surface area (Å²) in [6.07, 6.45) is 0. The number of nitrogens with one attached hydrogen (secondary N) is 1. The first-order valence-corrected chi connectivity index (χ1v) is 7.45. The van der Waals surface area contributed by atoms with E-state index in [4.69, 9.17) is 9.26 Å². The van der Waals surface area contributed by atoms with Gasteiger partial charge in [-0.1, -0.05) is 5.16 Å². The van der Waals surface area contributed by atoms with E-state index in [1.54, 1.807) is 44.4 Å². The van der Waals surface area contributed by atoms with Crippen LogP contribution >= 0.6 is 0 Å². The van der Waals surface area contributed by atoms with E-state index >= 15 is 0 Å². The number of tetrazole rings is 1. The molecule has 0 radical (unpaired) electrons. The van der Waals surface area contributed by atoms with E-state index in [1.165, 1.54) is 9.36 Å².